The highest BCUT2D eigenvalue weighted by atomic mass is 32.1. The van der Waals surface area contributed by atoms with Gasteiger partial charge < -0.3 is 10.0 Å². The van der Waals surface area contributed by atoms with E-state index in [-0.39, 0.29) is 17.5 Å². The van der Waals surface area contributed by atoms with Crippen molar-refractivity contribution in [3.8, 4) is 0 Å². The Morgan fingerprint density at radius 1 is 1.45 bits per heavy atom. The predicted molar refractivity (Wildman–Crippen MR) is 66.7 cm³/mol. The quantitative estimate of drug-likeness (QED) is 0.926. The summed E-state index contributed by atoms with van der Waals surface area (Å²) in [5.74, 6) is -0.671. The highest BCUT2D eigenvalue weighted by Crippen LogP contribution is 2.35. The Morgan fingerprint density at radius 3 is 2.80 bits per heavy atom. The summed E-state index contributed by atoms with van der Waals surface area (Å²) in [6.45, 7) is 1.18. The van der Waals surface area contributed by atoms with Crippen LogP contribution in [0.15, 0.2) is 0 Å². The maximum Gasteiger partial charge on any atom is 0.445 e. The summed E-state index contributed by atoms with van der Waals surface area (Å²) in [7, 11) is 0. The van der Waals surface area contributed by atoms with Crippen LogP contribution in [0.25, 0.3) is 0 Å². The van der Waals surface area contributed by atoms with Gasteiger partial charge in [0.05, 0.1) is 0 Å². The van der Waals surface area contributed by atoms with E-state index in [9.17, 15) is 18.0 Å². The molecule has 0 aromatic carbocycles. The number of rotatable bonds is 4. The molecule has 5 nitrogen and oxygen atoms in total. The summed E-state index contributed by atoms with van der Waals surface area (Å²) in [5.41, 5.74) is 0. The number of nitrogens with zero attached hydrogens (tertiary/aromatic N) is 3. The maximum atomic E-state index is 12.5. The van der Waals surface area contributed by atoms with Gasteiger partial charge in [0.2, 0.25) is 10.1 Å². The lowest BCUT2D eigenvalue weighted by molar-refractivity contribution is -0.138. The van der Waals surface area contributed by atoms with E-state index >= 15 is 0 Å². The Kier molecular flexibility index (Phi) is 4.46. The fourth-order valence-corrected chi connectivity index (χ4v) is 3.01. The Balaban J connectivity index is 1.98. The number of hydrogen-bond acceptors (Lipinski definition) is 5. The lowest BCUT2D eigenvalue weighted by atomic mass is 9.94. The standard InChI is InChI=1S/C11H14F3N3O2S/c12-11(13,14)9-15-16-10(20-9)17-5-1-2-7(6-17)3-4-8(18)19/h7H,1-6H2,(H,18,19). The molecule has 1 aliphatic heterocycles. The number of carbonyl (C=O) groups is 1. The van der Waals surface area contributed by atoms with Crippen molar-refractivity contribution in [3.05, 3.63) is 5.01 Å². The van der Waals surface area contributed by atoms with Crippen molar-refractivity contribution < 1.29 is 23.1 Å². The normalized spacial score (nSPS) is 20.1. The second-order valence-electron chi connectivity index (χ2n) is 4.77. The molecule has 112 valence electrons. The zero-order valence-electron chi connectivity index (χ0n) is 10.6. The maximum absolute atomic E-state index is 12.5. The molecular weight excluding hydrogens is 295 g/mol. The van der Waals surface area contributed by atoms with Crippen LogP contribution in [0.2, 0.25) is 0 Å². The van der Waals surface area contributed by atoms with Crippen LogP contribution in [0.4, 0.5) is 18.3 Å². The number of aromatic nitrogens is 2. The second-order valence-corrected chi connectivity index (χ2v) is 5.73. The van der Waals surface area contributed by atoms with Crippen LogP contribution >= 0.6 is 11.3 Å². The topological polar surface area (TPSA) is 66.3 Å². The van der Waals surface area contributed by atoms with Gasteiger partial charge in [-0.05, 0) is 25.2 Å². The van der Waals surface area contributed by atoms with Crippen molar-refractivity contribution in [3.63, 3.8) is 0 Å². The second kappa shape index (κ2) is 5.94. The average Bonchev–Trinajstić information content (AvgIpc) is 2.86. The van der Waals surface area contributed by atoms with Crippen LogP contribution < -0.4 is 4.90 Å². The van der Waals surface area contributed by atoms with Gasteiger partial charge in [-0.2, -0.15) is 13.2 Å². The molecule has 2 heterocycles. The molecule has 0 spiro atoms. The fraction of sp³-hybridized carbons (Fsp3) is 0.727. The van der Waals surface area contributed by atoms with Crippen molar-refractivity contribution in [2.24, 2.45) is 5.92 Å². The number of carboxylic acid groups (broad SMARTS) is 1. The van der Waals surface area contributed by atoms with E-state index in [1.54, 1.807) is 4.90 Å². The number of hydrogen-bond donors (Lipinski definition) is 1. The highest BCUT2D eigenvalue weighted by Gasteiger charge is 2.36. The molecule has 1 aromatic rings. The molecule has 1 aromatic heterocycles. The van der Waals surface area contributed by atoms with Crippen LogP contribution in [-0.2, 0) is 11.0 Å². The molecule has 1 fully saturated rings. The third-order valence-electron chi connectivity index (χ3n) is 3.21. The molecule has 1 N–H and O–H groups in total. The van der Waals surface area contributed by atoms with Gasteiger partial charge in [0, 0.05) is 19.5 Å². The van der Waals surface area contributed by atoms with E-state index in [1.807, 2.05) is 0 Å². The van der Waals surface area contributed by atoms with Gasteiger partial charge in [0.25, 0.3) is 0 Å². The molecule has 0 radical (unpaired) electrons. The van der Waals surface area contributed by atoms with Crippen LogP contribution in [0.1, 0.15) is 30.7 Å². The van der Waals surface area contributed by atoms with E-state index < -0.39 is 17.2 Å². The monoisotopic (exact) mass is 309 g/mol. The van der Waals surface area contributed by atoms with Gasteiger partial charge in [-0.15, -0.1) is 10.2 Å². The lowest BCUT2D eigenvalue weighted by Crippen LogP contribution is -2.35. The molecule has 0 amide bonds. The summed E-state index contributed by atoms with van der Waals surface area (Å²) in [6, 6.07) is 0. The molecule has 1 saturated heterocycles. The molecule has 1 aliphatic rings. The van der Waals surface area contributed by atoms with Gasteiger partial charge in [-0.3, -0.25) is 4.79 Å². The number of alkyl halides is 3. The predicted octanol–water partition coefficient (Wildman–Crippen LogP) is 2.64. The third kappa shape index (κ3) is 3.81. The van der Waals surface area contributed by atoms with Gasteiger partial charge >= 0.3 is 12.1 Å². The lowest BCUT2D eigenvalue weighted by Gasteiger charge is -2.31. The molecule has 9 heteroatoms. The summed E-state index contributed by atoms with van der Waals surface area (Å²) >= 11 is 0.535. The van der Waals surface area contributed by atoms with E-state index in [4.69, 9.17) is 5.11 Å². The zero-order chi connectivity index (χ0) is 14.8. The van der Waals surface area contributed by atoms with E-state index in [0.717, 1.165) is 12.8 Å². The Hall–Kier alpha value is -1.38. The number of piperidine rings is 1. The number of halogens is 3. The molecule has 20 heavy (non-hydrogen) atoms. The first-order valence-corrected chi connectivity index (χ1v) is 7.05. The molecule has 0 aliphatic carbocycles. The Labute approximate surface area is 117 Å². The van der Waals surface area contributed by atoms with Crippen molar-refractivity contribution >= 4 is 22.4 Å². The molecule has 0 saturated carbocycles. The van der Waals surface area contributed by atoms with Crippen molar-refractivity contribution in [2.75, 3.05) is 18.0 Å². The first kappa shape index (κ1) is 15.0. The van der Waals surface area contributed by atoms with Crippen LogP contribution in [0, 0.1) is 5.92 Å². The van der Waals surface area contributed by atoms with Crippen molar-refractivity contribution in [2.45, 2.75) is 31.9 Å². The molecule has 0 bridgehead atoms. The SMILES string of the molecule is O=C(O)CCC1CCCN(c2nnc(C(F)(F)F)s2)C1. The molecule has 1 atom stereocenters. The van der Waals surface area contributed by atoms with Crippen molar-refractivity contribution in [1.29, 1.82) is 0 Å². The third-order valence-corrected chi connectivity index (χ3v) is 4.24. The molecule has 1 unspecified atom stereocenters. The highest BCUT2D eigenvalue weighted by molar-refractivity contribution is 7.15. The van der Waals surface area contributed by atoms with E-state index in [1.165, 1.54) is 0 Å². The van der Waals surface area contributed by atoms with Gasteiger partial charge in [0.15, 0.2) is 0 Å². The largest absolute Gasteiger partial charge is 0.481 e. The van der Waals surface area contributed by atoms with Crippen molar-refractivity contribution in [1.82, 2.24) is 10.2 Å². The number of carboxylic acids is 1. The first-order chi connectivity index (χ1) is 9.36. The summed E-state index contributed by atoms with van der Waals surface area (Å²) in [6.07, 6.45) is -2.12. The summed E-state index contributed by atoms with van der Waals surface area (Å²) < 4.78 is 37.4. The number of aliphatic carboxylic acids is 1. The summed E-state index contributed by atoms with van der Waals surface area (Å²) in [4.78, 5) is 12.3. The smallest absolute Gasteiger partial charge is 0.445 e. The molecule has 2 rings (SSSR count). The number of anilines is 1. The van der Waals surface area contributed by atoms with Crippen LogP contribution in [0.3, 0.4) is 0 Å². The van der Waals surface area contributed by atoms with Gasteiger partial charge in [-0.25, -0.2) is 0 Å². The van der Waals surface area contributed by atoms with Crippen LogP contribution in [-0.4, -0.2) is 34.4 Å². The fourth-order valence-electron chi connectivity index (χ4n) is 2.26. The average molecular weight is 309 g/mol. The minimum Gasteiger partial charge on any atom is -0.481 e. The summed E-state index contributed by atoms with van der Waals surface area (Å²) in [5, 5.41) is 14.7. The minimum atomic E-state index is -4.46. The van der Waals surface area contributed by atoms with Gasteiger partial charge in [-0.1, -0.05) is 11.3 Å². The minimum absolute atomic E-state index is 0.0857. The van der Waals surface area contributed by atoms with E-state index in [2.05, 4.69) is 10.2 Å². The van der Waals surface area contributed by atoms with Crippen LogP contribution in [0.5, 0.6) is 0 Å². The zero-order valence-corrected chi connectivity index (χ0v) is 11.4. The Morgan fingerprint density at radius 2 is 2.20 bits per heavy atom. The Bertz CT molecular complexity index is 478. The first-order valence-electron chi connectivity index (χ1n) is 6.23. The van der Waals surface area contributed by atoms with E-state index in [0.29, 0.717) is 30.8 Å². The molecular formula is C11H14F3N3O2S. The van der Waals surface area contributed by atoms with Gasteiger partial charge in [0.1, 0.15) is 0 Å².